The Morgan fingerprint density at radius 3 is 2.53 bits per heavy atom. The Hall–Kier alpha value is -0.910. The van der Waals surface area contributed by atoms with Gasteiger partial charge in [-0.3, -0.25) is 4.18 Å². The van der Waals surface area contributed by atoms with E-state index in [0.29, 0.717) is 6.42 Å². The van der Waals surface area contributed by atoms with Crippen molar-refractivity contribution in [3.05, 3.63) is 29.8 Å². The molecule has 2 atom stereocenters. The van der Waals surface area contributed by atoms with E-state index in [9.17, 15) is 13.5 Å². The van der Waals surface area contributed by atoms with Crippen molar-refractivity contribution >= 4 is 10.1 Å². The predicted octanol–water partition coefficient (Wildman–Crippen LogP) is 2.25. The standard InChI is InChI=1S/C14H20O4S/c1-11-5-7-13(8-6-11)19(16,17)18-10-12-4-3-9-14(12,2)15/h5-8,12,15H,3-4,9-10H2,1-2H3/t12-,14-/m0/s1. The van der Waals surface area contributed by atoms with Crippen molar-refractivity contribution in [2.75, 3.05) is 6.61 Å². The van der Waals surface area contributed by atoms with Crippen LogP contribution in [0.15, 0.2) is 29.2 Å². The molecule has 0 aliphatic heterocycles. The highest BCUT2D eigenvalue weighted by Gasteiger charge is 2.37. The highest BCUT2D eigenvalue weighted by molar-refractivity contribution is 7.86. The molecule has 0 saturated heterocycles. The molecule has 1 aromatic rings. The van der Waals surface area contributed by atoms with Crippen LogP contribution in [0, 0.1) is 12.8 Å². The third kappa shape index (κ3) is 3.35. The second-order valence-electron chi connectivity index (χ2n) is 5.50. The lowest BCUT2D eigenvalue weighted by atomic mass is 9.94. The van der Waals surface area contributed by atoms with E-state index in [1.807, 2.05) is 6.92 Å². The molecule has 0 heterocycles. The van der Waals surface area contributed by atoms with E-state index in [0.717, 1.165) is 18.4 Å². The number of rotatable bonds is 4. The molecule has 0 unspecified atom stereocenters. The molecule has 0 amide bonds. The highest BCUT2D eigenvalue weighted by atomic mass is 32.2. The molecule has 2 rings (SSSR count). The summed E-state index contributed by atoms with van der Waals surface area (Å²) in [5.41, 5.74) is 0.181. The van der Waals surface area contributed by atoms with Gasteiger partial charge < -0.3 is 5.11 Å². The average molecular weight is 284 g/mol. The highest BCUT2D eigenvalue weighted by Crippen LogP contribution is 2.35. The van der Waals surface area contributed by atoms with Gasteiger partial charge in [0.25, 0.3) is 10.1 Å². The lowest BCUT2D eigenvalue weighted by Crippen LogP contribution is -2.32. The SMILES string of the molecule is Cc1ccc(S(=O)(=O)OC[C@@H]2CCC[C@]2(C)O)cc1. The predicted molar refractivity (Wildman–Crippen MR) is 72.3 cm³/mol. The van der Waals surface area contributed by atoms with Crippen LogP contribution in [0.3, 0.4) is 0 Å². The summed E-state index contributed by atoms with van der Waals surface area (Å²) < 4.78 is 29.1. The van der Waals surface area contributed by atoms with Crippen LogP contribution in [-0.2, 0) is 14.3 Å². The van der Waals surface area contributed by atoms with Gasteiger partial charge in [0.05, 0.1) is 17.1 Å². The van der Waals surface area contributed by atoms with E-state index in [1.165, 1.54) is 12.1 Å². The van der Waals surface area contributed by atoms with Gasteiger partial charge in [0.1, 0.15) is 0 Å². The minimum atomic E-state index is -3.73. The molecule has 19 heavy (non-hydrogen) atoms. The molecule has 1 fully saturated rings. The number of benzene rings is 1. The zero-order valence-electron chi connectivity index (χ0n) is 11.3. The van der Waals surface area contributed by atoms with Crippen LogP contribution >= 0.6 is 0 Å². The summed E-state index contributed by atoms with van der Waals surface area (Å²) >= 11 is 0. The summed E-state index contributed by atoms with van der Waals surface area (Å²) in [4.78, 5) is 0.163. The summed E-state index contributed by atoms with van der Waals surface area (Å²) in [6.45, 7) is 3.68. The summed E-state index contributed by atoms with van der Waals surface area (Å²) in [5, 5.41) is 10.1. The molecule has 4 nitrogen and oxygen atoms in total. The first-order valence-corrected chi connectivity index (χ1v) is 7.90. The van der Waals surface area contributed by atoms with Crippen LogP contribution in [0.25, 0.3) is 0 Å². The van der Waals surface area contributed by atoms with E-state index >= 15 is 0 Å². The number of hydrogen-bond donors (Lipinski definition) is 1. The first-order valence-electron chi connectivity index (χ1n) is 6.50. The third-order valence-electron chi connectivity index (χ3n) is 3.85. The largest absolute Gasteiger partial charge is 0.390 e. The Labute approximate surface area is 114 Å². The van der Waals surface area contributed by atoms with E-state index in [4.69, 9.17) is 4.18 Å². The van der Waals surface area contributed by atoms with Crippen LogP contribution in [0.5, 0.6) is 0 Å². The number of hydrogen-bond acceptors (Lipinski definition) is 4. The van der Waals surface area contributed by atoms with Gasteiger partial charge in [-0.1, -0.05) is 24.1 Å². The molecule has 1 aromatic carbocycles. The minimum absolute atomic E-state index is 0.0449. The molecule has 1 aliphatic carbocycles. The van der Waals surface area contributed by atoms with Gasteiger partial charge in [-0.2, -0.15) is 8.42 Å². The lowest BCUT2D eigenvalue weighted by molar-refractivity contribution is 0.00378. The van der Waals surface area contributed by atoms with Crippen molar-refractivity contribution in [1.82, 2.24) is 0 Å². The molecule has 0 bridgehead atoms. The van der Waals surface area contributed by atoms with Gasteiger partial charge in [-0.05, 0) is 38.8 Å². The smallest absolute Gasteiger partial charge is 0.296 e. The molecular weight excluding hydrogens is 264 g/mol. The van der Waals surface area contributed by atoms with Crippen molar-refractivity contribution in [3.8, 4) is 0 Å². The molecule has 0 spiro atoms. The molecule has 0 aromatic heterocycles. The van der Waals surface area contributed by atoms with Crippen molar-refractivity contribution in [2.24, 2.45) is 5.92 Å². The van der Waals surface area contributed by atoms with Crippen molar-refractivity contribution in [2.45, 2.75) is 43.6 Å². The number of aryl methyl sites for hydroxylation is 1. The first-order chi connectivity index (χ1) is 8.81. The molecular formula is C14H20O4S. The molecule has 1 saturated carbocycles. The quantitative estimate of drug-likeness (QED) is 0.861. The van der Waals surface area contributed by atoms with Gasteiger partial charge in [0, 0.05) is 5.92 Å². The monoisotopic (exact) mass is 284 g/mol. The Morgan fingerprint density at radius 1 is 1.37 bits per heavy atom. The minimum Gasteiger partial charge on any atom is -0.390 e. The summed E-state index contributed by atoms with van der Waals surface area (Å²) in [5.74, 6) is -0.118. The Balaban J connectivity index is 2.04. The van der Waals surface area contributed by atoms with Crippen molar-refractivity contribution in [1.29, 1.82) is 0 Å². The second-order valence-corrected chi connectivity index (χ2v) is 7.11. The third-order valence-corrected chi connectivity index (χ3v) is 5.14. The summed E-state index contributed by atoms with van der Waals surface area (Å²) in [6.07, 6.45) is 2.41. The Bertz CT molecular complexity index is 531. The van der Waals surface area contributed by atoms with Crippen LogP contribution in [0.4, 0.5) is 0 Å². The van der Waals surface area contributed by atoms with Crippen LogP contribution < -0.4 is 0 Å². The average Bonchev–Trinajstić information content (AvgIpc) is 2.66. The van der Waals surface area contributed by atoms with Crippen molar-refractivity contribution in [3.63, 3.8) is 0 Å². The molecule has 0 radical (unpaired) electrons. The zero-order chi connectivity index (χ0) is 14.1. The fourth-order valence-corrected chi connectivity index (χ4v) is 3.38. The lowest BCUT2D eigenvalue weighted by Gasteiger charge is -2.24. The van der Waals surface area contributed by atoms with Gasteiger partial charge in [0.2, 0.25) is 0 Å². The summed E-state index contributed by atoms with van der Waals surface area (Å²) in [7, 11) is -3.73. The van der Waals surface area contributed by atoms with E-state index in [1.54, 1.807) is 19.1 Å². The molecule has 5 heteroatoms. The number of aliphatic hydroxyl groups is 1. The molecule has 1 aliphatic rings. The summed E-state index contributed by atoms with van der Waals surface area (Å²) in [6, 6.07) is 6.55. The van der Waals surface area contributed by atoms with Crippen LogP contribution in [0.1, 0.15) is 31.7 Å². The fourth-order valence-electron chi connectivity index (χ4n) is 2.43. The second kappa shape index (κ2) is 5.23. The van der Waals surface area contributed by atoms with Gasteiger partial charge in [-0.25, -0.2) is 0 Å². The maximum absolute atomic E-state index is 12.0. The maximum Gasteiger partial charge on any atom is 0.296 e. The van der Waals surface area contributed by atoms with Gasteiger partial charge >= 0.3 is 0 Å². The molecule has 1 N–H and O–H groups in total. The Morgan fingerprint density at radius 2 is 2.00 bits per heavy atom. The zero-order valence-corrected chi connectivity index (χ0v) is 12.1. The van der Waals surface area contributed by atoms with Gasteiger partial charge in [-0.15, -0.1) is 0 Å². The fraction of sp³-hybridized carbons (Fsp3) is 0.571. The normalized spacial score (nSPS) is 27.6. The maximum atomic E-state index is 12.0. The van der Waals surface area contributed by atoms with Crippen molar-refractivity contribution < 1.29 is 17.7 Å². The Kier molecular flexibility index (Phi) is 3.99. The van der Waals surface area contributed by atoms with E-state index < -0.39 is 15.7 Å². The van der Waals surface area contributed by atoms with Crippen LogP contribution in [0.2, 0.25) is 0 Å². The van der Waals surface area contributed by atoms with Gasteiger partial charge in [0.15, 0.2) is 0 Å². The molecule has 106 valence electrons. The van der Waals surface area contributed by atoms with Crippen LogP contribution in [-0.4, -0.2) is 25.7 Å². The first kappa shape index (κ1) is 14.5. The van der Waals surface area contributed by atoms with E-state index in [-0.39, 0.29) is 17.4 Å². The topological polar surface area (TPSA) is 63.6 Å². The van der Waals surface area contributed by atoms with E-state index in [2.05, 4.69) is 0 Å².